The van der Waals surface area contributed by atoms with Crippen molar-refractivity contribution < 1.29 is 24.0 Å². The molecule has 1 aromatic heterocycles. The van der Waals surface area contributed by atoms with E-state index in [4.69, 9.17) is 14.7 Å². The summed E-state index contributed by atoms with van der Waals surface area (Å²) in [5.41, 5.74) is -1.47. The first-order chi connectivity index (χ1) is 14.9. The number of esters is 2. The largest absolute Gasteiger partial charge is 0.461 e. The number of rotatable bonds is 10. The standard InChI is InChI=1S/C22H25N3O6/c1-3-8-16-11-12-17(19(24-16)9-4-2)20(26)31-22(25(28)29)13-6-5-10-18(22)21(27)30-15-7-14-23/h6,10-13H,3-5,7-9,15H2,1-2H3. The highest BCUT2D eigenvalue weighted by Gasteiger charge is 2.54. The molecular formula is C22H25N3O6. The van der Waals surface area contributed by atoms with E-state index in [1.54, 1.807) is 12.1 Å². The lowest BCUT2D eigenvalue weighted by Crippen LogP contribution is -2.47. The van der Waals surface area contributed by atoms with E-state index in [2.05, 4.69) is 4.98 Å². The molecule has 1 aromatic rings. The molecule has 2 rings (SSSR count). The van der Waals surface area contributed by atoms with Gasteiger partial charge in [0.25, 0.3) is 0 Å². The Morgan fingerprint density at radius 2 is 2.00 bits per heavy atom. The van der Waals surface area contributed by atoms with Crippen LogP contribution in [0.25, 0.3) is 0 Å². The number of hydrogen-bond acceptors (Lipinski definition) is 8. The minimum atomic E-state index is -2.51. The summed E-state index contributed by atoms with van der Waals surface area (Å²) in [4.78, 5) is 41.1. The SMILES string of the molecule is CCCc1ccc(C(=O)OC2([N+](=O)[O-])C=CCC=C2C(=O)OCCC#N)c(CCC)n1. The van der Waals surface area contributed by atoms with Crippen molar-refractivity contribution in [2.24, 2.45) is 0 Å². The van der Waals surface area contributed by atoms with Crippen LogP contribution < -0.4 is 0 Å². The number of pyridine rings is 1. The van der Waals surface area contributed by atoms with Gasteiger partial charge in [-0.05, 0) is 31.4 Å². The van der Waals surface area contributed by atoms with Gasteiger partial charge in [-0.3, -0.25) is 15.1 Å². The second kappa shape index (κ2) is 11.0. The first-order valence-corrected chi connectivity index (χ1v) is 10.2. The average molecular weight is 427 g/mol. The minimum Gasteiger partial charge on any atom is -0.461 e. The number of ether oxygens (including phenoxy) is 2. The molecule has 0 saturated carbocycles. The first-order valence-electron chi connectivity index (χ1n) is 10.2. The third kappa shape index (κ3) is 5.54. The van der Waals surface area contributed by atoms with Crippen molar-refractivity contribution in [3.8, 4) is 6.07 Å². The van der Waals surface area contributed by atoms with Gasteiger partial charge in [-0.15, -0.1) is 0 Å². The molecular weight excluding hydrogens is 402 g/mol. The normalized spacial score (nSPS) is 17.4. The van der Waals surface area contributed by atoms with Gasteiger partial charge in [-0.1, -0.05) is 38.8 Å². The zero-order chi connectivity index (χ0) is 22.9. The zero-order valence-corrected chi connectivity index (χ0v) is 17.6. The second-order valence-corrected chi connectivity index (χ2v) is 6.94. The van der Waals surface area contributed by atoms with Crippen LogP contribution in [0, 0.1) is 21.4 Å². The molecule has 9 heteroatoms. The highest BCUT2D eigenvalue weighted by atomic mass is 16.7. The van der Waals surface area contributed by atoms with Gasteiger partial charge in [-0.2, -0.15) is 5.26 Å². The van der Waals surface area contributed by atoms with Crippen LogP contribution >= 0.6 is 0 Å². The molecule has 0 aromatic carbocycles. The first kappa shape index (κ1) is 23.7. The second-order valence-electron chi connectivity index (χ2n) is 6.94. The van der Waals surface area contributed by atoms with Crippen LogP contribution in [0.4, 0.5) is 0 Å². The Balaban J connectivity index is 2.38. The smallest absolute Gasteiger partial charge is 0.419 e. The molecule has 0 N–H and O–H groups in total. The van der Waals surface area contributed by atoms with E-state index in [1.807, 2.05) is 19.9 Å². The molecule has 0 radical (unpaired) electrons. The number of nitriles is 1. The Morgan fingerprint density at radius 3 is 2.65 bits per heavy atom. The van der Waals surface area contributed by atoms with E-state index in [9.17, 15) is 19.7 Å². The molecule has 0 aliphatic heterocycles. The summed E-state index contributed by atoms with van der Waals surface area (Å²) in [7, 11) is 0. The molecule has 0 saturated heterocycles. The van der Waals surface area contributed by atoms with Gasteiger partial charge in [0, 0.05) is 11.8 Å². The van der Waals surface area contributed by atoms with Crippen molar-refractivity contribution >= 4 is 11.9 Å². The van der Waals surface area contributed by atoms with Crippen LogP contribution in [0.3, 0.4) is 0 Å². The van der Waals surface area contributed by atoms with Gasteiger partial charge in [0.05, 0.1) is 28.7 Å². The molecule has 1 unspecified atom stereocenters. The molecule has 1 heterocycles. The Hall–Kier alpha value is -3.54. The van der Waals surface area contributed by atoms with Crippen LogP contribution in [0.5, 0.6) is 0 Å². The van der Waals surface area contributed by atoms with E-state index < -0.39 is 28.2 Å². The summed E-state index contributed by atoms with van der Waals surface area (Å²) in [6, 6.07) is 5.07. The highest BCUT2D eigenvalue weighted by molar-refractivity contribution is 5.95. The Bertz CT molecular complexity index is 947. The Labute approximate surface area is 180 Å². The monoisotopic (exact) mass is 427 g/mol. The topological polar surface area (TPSA) is 132 Å². The van der Waals surface area contributed by atoms with Gasteiger partial charge in [-0.25, -0.2) is 9.59 Å². The summed E-state index contributed by atoms with van der Waals surface area (Å²) in [6.45, 7) is 3.73. The van der Waals surface area contributed by atoms with Gasteiger partial charge in [0.1, 0.15) is 6.61 Å². The third-order valence-corrected chi connectivity index (χ3v) is 4.62. The number of carbonyl (C=O) groups excluding carboxylic acids is 2. The lowest BCUT2D eigenvalue weighted by Gasteiger charge is -2.25. The van der Waals surface area contributed by atoms with Gasteiger partial charge < -0.3 is 9.47 Å². The quantitative estimate of drug-likeness (QED) is 0.138. The number of nitro groups is 1. The average Bonchev–Trinajstić information content (AvgIpc) is 2.74. The molecule has 0 fully saturated rings. The van der Waals surface area contributed by atoms with Crippen LogP contribution in [-0.2, 0) is 27.1 Å². The van der Waals surface area contributed by atoms with Crippen molar-refractivity contribution in [3.63, 3.8) is 0 Å². The number of hydrogen-bond donors (Lipinski definition) is 0. The maximum atomic E-state index is 13.0. The highest BCUT2D eigenvalue weighted by Crippen LogP contribution is 2.31. The molecule has 0 amide bonds. The van der Waals surface area contributed by atoms with E-state index >= 15 is 0 Å². The summed E-state index contributed by atoms with van der Waals surface area (Å²) in [6.07, 6.45) is 6.85. The molecule has 9 nitrogen and oxygen atoms in total. The lowest BCUT2D eigenvalue weighted by molar-refractivity contribution is -0.590. The maximum absolute atomic E-state index is 13.0. The van der Waals surface area contributed by atoms with E-state index in [0.717, 1.165) is 31.0 Å². The van der Waals surface area contributed by atoms with Gasteiger partial charge in [0.2, 0.25) is 0 Å². The molecule has 0 bridgehead atoms. The zero-order valence-electron chi connectivity index (χ0n) is 17.6. The number of aromatic nitrogens is 1. The molecule has 0 spiro atoms. The lowest BCUT2D eigenvalue weighted by atomic mass is 9.96. The number of nitrogens with zero attached hydrogens (tertiary/aromatic N) is 3. The number of allylic oxidation sites excluding steroid dienone is 2. The van der Waals surface area contributed by atoms with Crippen molar-refractivity contribution in [1.29, 1.82) is 5.26 Å². The van der Waals surface area contributed by atoms with Crippen molar-refractivity contribution in [2.45, 2.75) is 58.1 Å². The summed E-state index contributed by atoms with van der Waals surface area (Å²) < 4.78 is 10.3. The van der Waals surface area contributed by atoms with Crippen LogP contribution in [0.2, 0.25) is 0 Å². The summed E-state index contributed by atoms with van der Waals surface area (Å²) in [5, 5.41) is 20.6. The summed E-state index contributed by atoms with van der Waals surface area (Å²) >= 11 is 0. The number of aryl methyl sites for hydroxylation is 2. The van der Waals surface area contributed by atoms with E-state index in [0.29, 0.717) is 12.1 Å². The number of carbonyl (C=O) groups is 2. The summed E-state index contributed by atoms with van der Waals surface area (Å²) in [5.74, 6) is -1.95. The predicted octanol–water partition coefficient (Wildman–Crippen LogP) is 3.46. The maximum Gasteiger partial charge on any atom is 0.419 e. The van der Waals surface area contributed by atoms with Crippen molar-refractivity contribution in [1.82, 2.24) is 4.98 Å². The van der Waals surface area contributed by atoms with E-state index in [-0.39, 0.29) is 25.0 Å². The third-order valence-electron chi connectivity index (χ3n) is 4.62. The van der Waals surface area contributed by atoms with Crippen molar-refractivity contribution in [2.75, 3.05) is 6.61 Å². The minimum absolute atomic E-state index is 0.0593. The van der Waals surface area contributed by atoms with Crippen LogP contribution in [-0.4, -0.2) is 34.2 Å². The van der Waals surface area contributed by atoms with Crippen LogP contribution in [0.15, 0.2) is 35.9 Å². The molecule has 31 heavy (non-hydrogen) atoms. The van der Waals surface area contributed by atoms with Gasteiger partial charge >= 0.3 is 17.7 Å². The Kier molecular flexibility index (Phi) is 8.43. The van der Waals surface area contributed by atoms with E-state index in [1.165, 1.54) is 12.2 Å². The predicted molar refractivity (Wildman–Crippen MR) is 110 cm³/mol. The molecule has 1 aliphatic rings. The van der Waals surface area contributed by atoms with Gasteiger partial charge in [0.15, 0.2) is 5.57 Å². The molecule has 164 valence electrons. The molecule has 1 aliphatic carbocycles. The molecule has 1 atom stereocenters. The fourth-order valence-electron chi connectivity index (χ4n) is 3.18. The van der Waals surface area contributed by atoms with Crippen molar-refractivity contribution in [3.05, 3.63) is 63.0 Å². The van der Waals surface area contributed by atoms with Crippen LogP contribution in [0.1, 0.15) is 61.3 Å². The fourth-order valence-corrected chi connectivity index (χ4v) is 3.18. The fraction of sp³-hybridized carbons (Fsp3) is 0.455. The Morgan fingerprint density at radius 1 is 1.26 bits per heavy atom.